The van der Waals surface area contributed by atoms with Crippen molar-refractivity contribution in [1.82, 2.24) is 9.62 Å². The van der Waals surface area contributed by atoms with Crippen molar-refractivity contribution in [3.8, 4) is 11.5 Å². The van der Waals surface area contributed by atoms with Gasteiger partial charge in [-0.05, 0) is 43.2 Å². The standard InChI is InChI=1S/C21H28N2O5S/c1-6-18(16-9-12-19(27-4)20(13-16)28-5)22-21(24)14-23(3)29(25,26)17-10-7-15(2)8-11-17/h7-13,18H,6,14H2,1-5H3,(H,22,24)/t18-/m0/s1. The summed E-state index contributed by atoms with van der Waals surface area (Å²) in [5.74, 6) is 0.781. The summed E-state index contributed by atoms with van der Waals surface area (Å²) in [6, 6.07) is 11.7. The molecular weight excluding hydrogens is 392 g/mol. The fourth-order valence-corrected chi connectivity index (χ4v) is 4.04. The molecule has 0 radical (unpaired) electrons. The minimum atomic E-state index is -3.74. The van der Waals surface area contributed by atoms with Gasteiger partial charge in [0.1, 0.15) is 0 Å². The Bertz CT molecular complexity index is 942. The van der Waals surface area contributed by atoms with Crippen LogP contribution < -0.4 is 14.8 Å². The number of sulfonamides is 1. The number of likely N-dealkylation sites (N-methyl/N-ethyl adjacent to an activating group) is 1. The number of amides is 1. The highest BCUT2D eigenvalue weighted by Gasteiger charge is 2.24. The summed E-state index contributed by atoms with van der Waals surface area (Å²) in [6.45, 7) is 3.54. The SMILES string of the molecule is CC[C@H](NC(=O)CN(C)S(=O)(=O)c1ccc(C)cc1)c1ccc(OC)c(OC)c1. The lowest BCUT2D eigenvalue weighted by molar-refractivity contribution is -0.121. The van der Waals surface area contributed by atoms with Crippen LogP contribution in [0.15, 0.2) is 47.4 Å². The van der Waals surface area contributed by atoms with Crippen LogP contribution in [-0.4, -0.2) is 46.4 Å². The van der Waals surface area contributed by atoms with Crippen molar-refractivity contribution in [2.45, 2.75) is 31.2 Å². The minimum absolute atomic E-state index is 0.158. The first kappa shape index (κ1) is 22.7. The smallest absolute Gasteiger partial charge is 0.243 e. The predicted molar refractivity (Wildman–Crippen MR) is 112 cm³/mol. The van der Waals surface area contributed by atoms with Crippen LogP contribution in [0.5, 0.6) is 11.5 Å². The van der Waals surface area contributed by atoms with Crippen molar-refractivity contribution in [2.24, 2.45) is 0 Å². The zero-order chi connectivity index (χ0) is 21.6. The molecule has 0 aliphatic rings. The van der Waals surface area contributed by atoms with Gasteiger partial charge in [-0.1, -0.05) is 30.7 Å². The molecule has 0 fully saturated rings. The van der Waals surface area contributed by atoms with E-state index in [1.54, 1.807) is 38.5 Å². The fraction of sp³-hybridized carbons (Fsp3) is 0.381. The Hall–Kier alpha value is -2.58. The number of hydrogen-bond acceptors (Lipinski definition) is 5. The average molecular weight is 421 g/mol. The average Bonchev–Trinajstić information content (AvgIpc) is 2.71. The number of hydrogen-bond donors (Lipinski definition) is 1. The molecule has 1 amide bonds. The molecule has 8 heteroatoms. The summed E-state index contributed by atoms with van der Waals surface area (Å²) in [5.41, 5.74) is 1.81. The molecule has 2 aromatic rings. The van der Waals surface area contributed by atoms with Gasteiger partial charge in [-0.25, -0.2) is 8.42 Å². The molecule has 0 heterocycles. The molecule has 1 atom stereocenters. The second-order valence-corrected chi connectivity index (χ2v) is 8.76. The number of carbonyl (C=O) groups excluding carboxylic acids is 1. The van der Waals surface area contributed by atoms with E-state index in [-0.39, 0.29) is 23.4 Å². The van der Waals surface area contributed by atoms with E-state index in [0.717, 1.165) is 15.4 Å². The van der Waals surface area contributed by atoms with Crippen LogP contribution in [0.4, 0.5) is 0 Å². The van der Waals surface area contributed by atoms with Gasteiger partial charge in [0.25, 0.3) is 0 Å². The van der Waals surface area contributed by atoms with Gasteiger partial charge in [-0.15, -0.1) is 0 Å². The van der Waals surface area contributed by atoms with Gasteiger partial charge in [0.15, 0.2) is 11.5 Å². The van der Waals surface area contributed by atoms with Crippen LogP contribution in [0.25, 0.3) is 0 Å². The second kappa shape index (κ2) is 9.76. The monoisotopic (exact) mass is 420 g/mol. The van der Waals surface area contributed by atoms with Crippen LogP contribution in [0.1, 0.15) is 30.5 Å². The number of carbonyl (C=O) groups is 1. The lowest BCUT2D eigenvalue weighted by Crippen LogP contribution is -2.39. The number of aryl methyl sites for hydroxylation is 1. The molecule has 2 aromatic carbocycles. The molecule has 0 unspecified atom stereocenters. The molecule has 0 bridgehead atoms. The Kier molecular flexibility index (Phi) is 7.64. The number of methoxy groups -OCH3 is 2. The zero-order valence-electron chi connectivity index (χ0n) is 17.4. The van der Waals surface area contributed by atoms with Crippen LogP contribution in [0.3, 0.4) is 0 Å². The summed E-state index contributed by atoms with van der Waals surface area (Å²) >= 11 is 0. The first-order valence-corrected chi connectivity index (χ1v) is 10.7. The molecule has 1 N–H and O–H groups in total. The van der Waals surface area contributed by atoms with Crippen LogP contribution in [-0.2, 0) is 14.8 Å². The first-order chi connectivity index (χ1) is 13.7. The Morgan fingerprint density at radius 3 is 2.24 bits per heavy atom. The molecule has 0 aromatic heterocycles. The number of nitrogens with zero attached hydrogens (tertiary/aromatic N) is 1. The molecule has 2 rings (SSSR count). The maximum atomic E-state index is 12.7. The van der Waals surface area contributed by atoms with Gasteiger partial charge in [-0.2, -0.15) is 4.31 Å². The Morgan fingerprint density at radius 1 is 1.07 bits per heavy atom. The first-order valence-electron chi connectivity index (χ1n) is 9.27. The van der Waals surface area contributed by atoms with E-state index < -0.39 is 10.0 Å². The van der Waals surface area contributed by atoms with Crippen LogP contribution in [0.2, 0.25) is 0 Å². The van der Waals surface area contributed by atoms with Gasteiger partial charge in [0.05, 0.1) is 31.7 Å². The van der Waals surface area contributed by atoms with Crippen LogP contribution in [0, 0.1) is 6.92 Å². The molecule has 0 spiro atoms. The second-order valence-electron chi connectivity index (χ2n) is 6.72. The third kappa shape index (κ3) is 5.48. The molecule has 0 aliphatic carbocycles. The highest BCUT2D eigenvalue weighted by atomic mass is 32.2. The maximum Gasteiger partial charge on any atom is 0.243 e. The number of rotatable bonds is 9. The van der Waals surface area contributed by atoms with E-state index >= 15 is 0 Å². The van der Waals surface area contributed by atoms with Crippen molar-refractivity contribution in [1.29, 1.82) is 0 Å². The molecular formula is C21H28N2O5S. The van der Waals surface area contributed by atoms with Gasteiger partial charge in [-0.3, -0.25) is 4.79 Å². The van der Waals surface area contributed by atoms with Crippen molar-refractivity contribution in [3.63, 3.8) is 0 Å². The lowest BCUT2D eigenvalue weighted by Gasteiger charge is -2.22. The lowest BCUT2D eigenvalue weighted by atomic mass is 10.0. The van der Waals surface area contributed by atoms with E-state index in [2.05, 4.69) is 5.32 Å². The van der Waals surface area contributed by atoms with E-state index in [0.29, 0.717) is 17.9 Å². The fourth-order valence-electron chi connectivity index (χ4n) is 2.91. The highest BCUT2D eigenvalue weighted by Crippen LogP contribution is 2.30. The summed E-state index contributed by atoms with van der Waals surface area (Å²) in [6.07, 6.45) is 0.635. The van der Waals surface area contributed by atoms with Gasteiger partial charge in [0.2, 0.25) is 15.9 Å². The zero-order valence-corrected chi connectivity index (χ0v) is 18.2. The van der Waals surface area contributed by atoms with E-state index in [1.807, 2.05) is 19.9 Å². The van der Waals surface area contributed by atoms with Crippen molar-refractivity contribution < 1.29 is 22.7 Å². The van der Waals surface area contributed by atoms with Gasteiger partial charge in [0, 0.05) is 7.05 Å². The third-order valence-electron chi connectivity index (χ3n) is 4.65. The Labute approximate surface area is 172 Å². The maximum absolute atomic E-state index is 12.7. The molecule has 158 valence electrons. The molecule has 0 saturated carbocycles. The molecule has 0 saturated heterocycles. The number of benzene rings is 2. The topological polar surface area (TPSA) is 84.9 Å². The van der Waals surface area contributed by atoms with Crippen molar-refractivity contribution in [2.75, 3.05) is 27.8 Å². The van der Waals surface area contributed by atoms with Crippen molar-refractivity contribution >= 4 is 15.9 Å². The van der Waals surface area contributed by atoms with E-state index in [1.165, 1.54) is 19.2 Å². The quantitative estimate of drug-likeness (QED) is 0.674. The van der Waals surface area contributed by atoms with Gasteiger partial charge < -0.3 is 14.8 Å². The third-order valence-corrected chi connectivity index (χ3v) is 6.47. The largest absolute Gasteiger partial charge is 0.493 e. The summed E-state index contributed by atoms with van der Waals surface area (Å²) < 4.78 is 37.0. The van der Waals surface area contributed by atoms with Crippen molar-refractivity contribution in [3.05, 3.63) is 53.6 Å². The van der Waals surface area contributed by atoms with E-state index in [9.17, 15) is 13.2 Å². The summed E-state index contributed by atoms with van der Waals surface area (Å²) in [4.78, 5) is 12.7. The molecule has 29 heavy (non-hydrogen) atoms. The Morgan fingerprint density at radius 2 is 1.69 bits per heavy atom. The van der Waals surface area contributed by atoms with Crippen LogP contribution >= 0.6 is 0 Å². The summed E-state index contributed by atoms with van der Waals surface area (Å²) in [5, 5.41) is 2.89. The Balaban J connectivity index is 2.10. The predicted octanol–water partition coefficient (Wildman–Crippen LogP) is 2.90. The summed E-state index contributed by atoms with van der Waals surface area (Å²) in [7, 11) is 0.757. The highest BCUT2D eigenvalue weighted by molar-refractivity contribution is 7.89. The normalized spacial score (nSPS) is 12.5. The molecule has 0 aliphatic heterocycles. The molecule has 7 nitrogen and oxygen atoms in total. The van der Waals surface area contributed by atoms with E-state index in [4.69, 9.17) is 9.47 Å². The number of ether oxygens (including phenoxy) is 2. The minimum Gasteiger partial charge on any atom is -0.493 e. The van der Waals surface area contributed by atoms with Gasteiger partial charge >= 0.3 is 0 Å². The number of nitrogens with one attached hydrogen (secondary N) is 1.